The van der Waals surface area contributed by atoms with Crippen molar-refractivity contribution < 1.29 is 46.3 Å². The average molecular weight is 990 g/mol. The molecule has 0 bridgehead atoms. The van der Waals surface area contributed by atoms with Crippen molar-refractivity contribution in [3.05, 3.63) is 94.4 Å². The van der Waals surface area contributed by atoms with Gasteiger partial charge in [0, 0.05) is 75.7 Å². The molecule has 21 heteroatoms. The number of carbonyl (C=O) groups excluding carboxylic acids is 5. The van der Waals surface area contributed by atoms with Crippen molar-refractivity contribution in [2.45, 2.75) is 91.5 Å². The number of aromatic amines is 1. The van der Waals surface area contributed by atoms with E-state index in [-0.39, 0.29) is 68.1 Å². The normalized spacial score (nSPS) is 17.0. The van der Waals surface area contributed by atoms with Crippen LogP contribution in [-0.4, -0.2) is 124 Å². The number of nitrogens with zero attached hydrogens (tertiary/aromatic N) is 5. The molecule has 0 spiro atoms. The van der Waals surface area contributed by atoms with E-state index in [0.717, 1.165) is 33.8 Å². The minimum atomic E-state index is -3.93. The second-order valence-corrected chi connectivity index (χ2v) is 21.2. The van der Waals surface area contributed by atoms with E-state index >= 15 is 8.78 Å². The molecule has 17 nitrogen and oxygen atoms in total. The Balaban J connectivity index is 0.900. The number of anilines is 2. The summed E-state index contributed by atoms with van der Waals surface area (Å²) in [5.74, 6) is -5.28. The smallest absolute Gasteiger partial charge is 0.246 e. The number of aliphatic hydroxyl groups is 1. The first-order chi connectivity index (χ1) is 32.7. The lowest BCUT2D eigenvalue weighted by Crippen LogP contribution is -2.57. The van der Waals surface area contributed by atoms with E-state index in [1.54, 1.807) is 61.7 Å². The molecule has 2 aromatic carbocycles. The highest BCUT2D eigenvalue weighted by molar-refractivity contribution is 7.92. The fourth-order valence-electron chi connectivity index (χ4n) is 8.60. The van der Waals surface area contributed by atoms with Gasteiger partial charge in [-0.25, -0.2) is 27.2 Å². The Bertz CT molecular complexity index is 2840. The number of ketones is 1. The molecule has 0 radical (unpaired) electrons. The number of hydrogen-bond donors (Lipinski definition) is 5. The zero-order chi connectivity index (χ0) is 49.8. The maximum Gasteiger partial charge on any atom is 0.246 e. The SMILES string of the molecule is CCCS(=O)(=O)Nc1ccc(F)c(C(=O)c2c[nH]c3ncc(N4CCN(C(=O)CCCC(=O)NC(C(=O)N5C[C@H](O)C[C@H]5C(=O)NCc5ccc(-c6scnc6C)cc5)C(C)(C)C)CC4)cc23)c1F. The van der Waals surface area contributed by atoms with Crippen molar-refractivity contribution in [2.75, 3.05) is 48.1 Å². The van der Waals surface area contributed by atoms with E-state index in [2.05, 4.69) is 30.3 Å². The third-order valence-corrected chi connectivity index (χ3v) is 14.8. The number of rotatable bonds is 17. The van der Waals surface area contributed by atoms with E-state index in [1.807, 2.05) is 36.1 Å². The summed E-state index contributed by atoms with van der Waals surface area (Å²) in [5, 5.41) is 16.6. The molecule has 2 aliphatic rings. The molecule has 3 aromatic heterocycles. The Kier molecular flexibility index (Phi) is 15.5. The van der Waals surface area contributed by atoms with Crippen molar-refractivity contribution in [1.29, 1.82) is 0 Å². The van der Waals surface area contributed by atoms with Crippen LogP contribution in [0.5, 0.6) is 0 Å². The minimum Gasteiger partial charge on any atom is -0.391 e. The summed E-state index contributed by atoms with van der Waals surface area (Å²) in [6, 6.07) is 9.24. The summed E-state index contributed by atoms with van der Waals surface area (Å²) in [4.78, 5) is 85.5. The second-order valence-electron chi connectivity index (χ2n) is 18.5. The number of piperazine rings is 1. The number of aryl methyl sites for hydroxylation is 1. The lowest BCUT2D eigenvalue weighted by Gasteiger charge is -2.36. The zero-order valence-corrected chi connectivity index (χ0v) is 40.7. The third kappa shape index (κ3) is 11.8. The van der Waals surface area contributed by atoms with Gasteiger partial charge in [0.1, 0.15) is 23.5 Å². The van der Waals surface area contributed by atoms with Gasteiger partial charge >= 0.3 is 0 Å². The summed E-state index contributed by atoms with van der Waals surface area (Å²) in [7, 11) is -3.93. The number of aliphatic hydroxyl groups excluding tert-OH is 1. The van der Waals surface area contributed by atoms with Crippen molar-refractivity contribution in [3.63, 3.8) is 0 Å². The van der Waals surface area contributed by atoms with Crippen molar-refractivity contribution >= 4 is 73.2 Å². The Labute approximate surface area is 403 Å². The van der Waals surface area contributed by atoms with E-state index in [9.17, 15) is 37.5 Å². The maximum atomic E-state index is 15.5. The number of hydrogen-bond acceptors (Lipinski definition) is 12. The maximum absolute atomic E-state index is 15.5. The van der Waals surface area contributed by atoms with Gasteiger partial charge in [0.05, 0.1) is 51.1 Å². The lowest BCUT2D eigenvalue weighted by atomic mass is 9.85. The number of pyridine rings is 1. The monoisotopic (exact) mass is 989 g/mol. The first-order valence-electron chi connectivity index (χ1n) is 22.8. The number of aromatic nitrogens is 3. The molecule has 3 atom stereocenters. The van der Waals surface area contributed by atoms with Crippen molar-refractivity contribution in [3.8, 4) is 10.4 Å². The van der Waals surface area contributed by atoms with Crippen LogP contribution < -0.4 is 20.3 Å². The van der Waals surface area contributed by atoms with Crippen LogP contribution in [0.2, 0.25) is 0 Å². The van der Waals surface area contributed by atoms with Gasteiger partial charge in [-0.05, 0) is 54.5 Å². The number of nitrogens with one attached hydrogen (secondary N) is 4. The van der Waals surface area contributed by atoms with Crippen LogP contribution in [-0.2, 0) is 35.7 Å². The predicted octanol–water partition coefficient (Wildman–Crippen LogP) is 5.28. The molecule has 5 aromatic rings. The Morgan fingerprint density at radius 2 is 1.72 bits per heavy atom. The Hall–Kier alpha value is -6.32. The molecule has 69 heavy (non-hydrogen) atoms. The van der Waals surface area contributed by atoms with E-state index in [4.69, 9.17) is 0 Å². The average Bonchev–Trinajstić information content (AvgIpc) is 4.05. The van der Waals surface area contributed by atoms with Crippen LogP contribution in [0.25, 0.3) is 21.5 Å². The highest BCUT2D eigenvalue weighted by Gasteiger charge is 2.44. The number of H-pyrrole nitrogens is 1. The van der Waals surface area contributed by atoms with Gasteiger partial charge in [-0.2, -0.15) is 0 Å². The van der Waals surface area contributed by atoms with Crippen LogP contribution in [0.1, 0.15) is 87.0 Å². The van der Waals surface area contributed by atoms with Crippen molar-refractivity contribution in [2.24, 2.45) is 5.41 Å². The Morgan fingerprint density at radius 1 is 1.00 bits per heavy atom. The van der Waals surface area contributed by atoms with Crippen LogP contribution >= 0.6 is 11.3 Å². The number of carbonyl (C=O) groups is 5. The number of thiazole rings is 1. The van der Waals surface area contributed by atoms with Gasteiger partial charge in [0.15, 0.2) is 5.82 Å². The predicted molar refractivity (Wildman–Crippen MR) is 258 cm³/mol. The van der Waals surface area contributed by atoms with Gasteiger partial charge < -0.3 is 35.4 Å². The van der Waals surface area contributed by atoms with Crippen molar-refractivity contribution in [1.82, 2.24) is 35.4 Å². The van der Waals surface area contributed by atoms with Gasteiger partial charge in [0.25, 0.3) is 0 Å². The Morgan fingerprint density at radius 3 is 2.39 bits per heavy atom. The van der Waals surface area contributed by atoms with E-state index in [1.165, 1.54) is 11.1 Å². The molecule has 0 saturated carbocycles. The minimum absolute atomic E-state index is 0.0323. The third-order valence-electron chi connectivity index (χ3n) is 12.3. The topological polar surface area (TPSA) is 227 Å². The van der Waals surface area contributed by atoms with E-state index in [0.29, 0.717) is 37.3 Å². The van der Waals surface area contributed by atoms with Gasteiger partial charge in [-0.3, -0.25) is 28.7 Å². The summed E-state index contributed by atoms with van der Waals surface area (Å²) in [6.45, 7) is 10.6. The summed E-state index contributed by atoms with van der Waals surface area (Å²) < 4.78 is 57.3. The lowest BCUT2D eigenvalue weighted by molar-refractivity contribution is -0.144. The molecule has 4 amide bonds. The van der Waals surface area contributed by atoms with Gasteiger partial charge in [-0.15, -0.1) is 11.3 Å². The second kappa shape index (κ2) is 21.1. The highest BCUT2D eigenvalue weighted by atomic mass is 32.2. The fraction of sp³-hybridized carbons (Fsp3) is 0.438. The summed E-state index contributed by atoms with van der Waals surface area (Å²) >= 11 is 1.55. The number of likely N-dealkylation sites (tertiary alicyclic amines) is 1. The van der Waals surface area contributed by atoms with Gasteiger partial charge in [0.2, 0.25) is 39.4 Å². The number of fused-ring (bicyclic) bond motifs is 1. The molecule has 2 aliphatic heterocycles. The molecule has 5 N–H and O–H groups in total. The largest absolute Gasteiger partial charge is 0.391 e. The first-order valence-corrected chi connectivity index (χ1v) is 25.4. The molecule has 2 saturated heterocycles. The first kappa shape index (κ1) is 50.6. The molecule has 2 fully saturated rings. The fourth-order valence-corrected chi connectivity index (χ4v) is 10.5. The number of halogens is 2. The summed E-state index contributed by atoms with van der Waals surface area (Å²) in [6.07, 6.45) is 2.53. The van der Waals surface area contributed by atoms with E-state index < -0.39 is 80.0 Å². The van der Waals surface area contributed by atoms with Crippen LogP contribution in [0.4, 0.5) is 20.2 Å². The molecule has 1 unspecified atom stereocenters. The van der Waals surface area contributed by atoms with Crippen LogP contribution in [0.3, 0.4) is 0 Å². The molecule has 5 heterocycles. The molecule has 7 rings (SSSR count). The summed E-state index contributed by atoms with van der Waals surface area (Å²) in [5.41, 5.74) is 3.22. The highest BCUT2D eigenvalue weighted by Crippen LogP contribution is 2.31. The number of amides is 4. The zero-order valence-electron chi connectivity index (χ0n) is 39.1. The molecule has 368 valence electrons. The number of benzene rings is 2. The quantitative estimate of drug-likeness (QED) is 0.0753. The molecular formula is C48H57F2N9O8S2. The van der Waals surface area contributed by atoms with Crippen LogP contribution in [0.15, 0.2) is 60.4 Å². The molecular weight excluding hydrogens is 933 g/mol. The number of β-amino-alcohol motifs (C(OH)–C–C–N with tert-alkyl or cyclic N) is 1. The van der Waals surface area contributed by atoms with Gasteiger partial charge in [-0.1, -0.05) is 52.0 Å². The number of sulfonamides is 1. The standard InChI is InChI=1S/C48H57F2N9O8S2/c1-6-20-69(66,67)56-36-15-14-35(49)40(41(36)50)42(63)34-25-52-45-33(34)21-31(24-51-45)57-16-18-58(19-17-57)39(62)9-7-8-38(61)55-44(48(3,4)5)47(65)59-26-32(60)22-37(59)46(64)53-23-29-10-12-30(13-11-29)43-28(2)54-27-68-43/h10-15,21,24-25,27,32,37,44,56,60H,6-9,16-20,22-23,26H2,1-5H3,(H,51,52)(H,53,64)(H,55,61)/t32-,37+,44?/m1/s1. The van der Waals surface area contributed by atoms with Crippen LogP contribution in [0, 0.1) is 24.0 Å². The molecule has 0 aliphatic carbocycles.